The van der Waals surface area contributed by atoms with Crippen LogP contribution in [0.3, 0.4) is 0 Å². The van der Waals surface area contributed by atoms with E-state index in [9.17, 15) is 18.0 Å². The first-order valence-electron chi connectivity index (χ1n) is 7.53. The van der Waals surface area contributed by atoms with Gasteiger partial charge in [0.25, 0.3) is 5.91 Å². The van der Waals surface area contributed by atoms with Gasteiger partial charge in [-0.3, -0.25) is 4.79 Å². The summed E-state index contributed by atoms with van der Waals surface area (Å²) in [5, 5.41) is 3.07. The molecule has 0 atom stereocenters. The van der Waals surface area contributed by atoms with Crippen LogP contribution in [0.25, 0.3) is 0 Å². The van der Waals surface area contributed by atoms with Crippen LogP contribution < -0.4 is 5.32 Å². The molecule has 0 aromatic heterocycles. The molecule has 1 aliphatic rings. The lowest BCUT2D eigenvalue weighted by Gasteiger charge is -2.34. The number of nitrogens with zero attached hydrogens (tertiary/aromatic N) is 1. The molecule has 1 N–H and O–H groups in total. The molecule has 0 saturated carbocycles. The number of benzene rings is 1. The highest BCUT2D eigenvalue weighted by atomic mass is 19.3. The standard InChI is InChI=1S/C16H21F3N2O/c1-20-9-6-12-7-10-21(11-8-12)15(22)16(18,19)13-2-4-14(17)5-3-13/h2-5,12,20H,6-11H2,1H3. The zero-order valence-electron chi connectivity index (χ0n) is 12.6. The average Bonchev–Trinajstić information content (AvgIpc) is 2.53. The maximum atomic E-state index is 14.2. The molecule has 1 amide bonds. The van der Waals surface area contributed by atoms with Crippen LogP contribution in [0.1, 0.15) is 24.8 Å². The molecule has 1 heterocycles. The normalized spacial score (nSPS) is 16.8. The number of hydrogen-bond acceptors (Lipinski definition) is 2. The SMILES string of the molecule is CNCCC1CCN(C(=O)C(F)(F)c2ccc(F)cc2)CC1. The number of piperidine rings is 1. The van der Waals surface area contributed by atoms with E-state index >= 15 is 0 Å². The molecule has 1 aromatic carbocycles. The minimum Gasteiger partial charge on any atom is -0.337 e. The molecule has 1 fully saturated rings. The number of likely N-dealkylation sites (tertiary alicyclic amines) is 1. The van der Waals surface area contributed by atoms with Crippen LogP contribution in [0, 0.1) is 11.7 Å². The third-order valence-corrected chi connectivity index (χ3v) is 4.18. The van der Waals surface area contributed by atoms with Crippen molar-refractivity contribution in [2.75, 3.05) is 26.7 Å². The number of nitrogens with one attached hydrogen (secondary N) is 1. The molecule has 0 unspecified atom stereocenters. The Bertz CT molecular complexity index is 497. The molecule has 0 bridgehead atoms. The monoisotopic (exact) mass is 314 g/mol. The summed E-state index contributed by atoms with van der Waals surface area (Å²) in [5.74, 6) is -4.93. The number of amides is 1. The summed E-state index contributed by atoms with van der Waals surface area (Å²) in [6.07, 6.45) is 2.48. The van der Waals surface area contributed by atoms with Crippen LogP contribution in [0.4, 0.5) is 13.2 Å². The molecule has 1 aliphatic heterocycles. The number of halogens is 3. The Hall–Kier alpha value is -1.56. The lowest BCUT2D eigenvalue weighted by Crippen LogP contribution is -2.46. The topological polar surface area (TPSA) is 32.3 Å². The molecule has 6 heteroatoms. The van der Waals surface area contributed by atoms with Crippen molar-refractivity contribution in [3.63, 3.8) is 0 Å². The second-order valence-corrected chi connectivity index (χ2v) is 5.71. The third kappa shape index (κ3) is 3.80. The van der Waals surface area contributed by atoms with Crippen molar-refractivity contribution in [2.45, 2.75) is 25.2 Å². The van der Waals surface area contributed by atoms with Crippen LogP contribution in [-0.2, 0) is 10.7 Å². The summed E-state index contributed by atoms with van der Waals surface area (Å²) < 4.78 is 41.3. The van der Waals surface area contributed by atoms with Crippen LogP contribution in [-0.4, -0.2) is 37.5 Å². The molecular formula is C16H21F3N2O. The Morgan fingerprint density at radius 2 is 1.86 bits per heavy atom. The van der Waals surface area contributed by atoms with Gasteiger partial charge in [0.2, 0.25) is 0 Å². The van der Waals surface area contributed by atoms with Gasteiger partial charge in [-0.1, -0.05) is 0 Å². The molecule has 122 valence electrons. The van der Waals surface area contributed by atoms with Crippen molar-refractivity contribution >= 4 is 5.91 Å². The summed E-state index contributed by atoms with van der Waals surface area (Å²) in [7, 11) is 1.88. The van der Waals surface area contributed by atoms with Crippen molar-refractivity contribution in [3.05, 3.63) is 35.6 Å². The zero-order valence-corrected chi connectivity index (χ0v) is 12.6. The smallest absolute Gasteiger partial charge is 0.337 e. The maximum absolute atomic E-state index is 14.2. The number of carbonyl (C=O) groups is 1. The molecular weight excluding hydrogens is 293 g/mol. The molecule has 1 saturated heterocycles. The number of hydrogen-bond donors (Lipinski definition) is 1. The highest BCUT2D eigenvalue weighted by Crippen LogP contribution is 2.32. The lowest BCUT2D eigenvalue weighted by molar-refractivity contribution is -0.160. The van der Waals surface area contributed by atoms with Crippen molar-refractivity contribution in [1.82, 2.24) is 10.2 Å². The highest BCUT2D eigenvalue weighted by molar-refractivity contribution is 5.85. The Morgan fingerprint density at radius 1 is 1.27 bits per heavy atom. The van der Waals surface area contributed by atoms with Crippen molar-refractivity contribution in [3.8, 4) is 0 Å². The second-order valence-electron chi connectivity index (χ2n) is 5.71. The van der Waals surface area contributed by atoms with Gasteiger partial charge in [-0.2, -0.15) is 8.78 Å². The largest absolute Gasteiger partial charge is 0.349 e. The van der Waals surface area contributed by atoms with Gasteiger partial charge in [0, 0.05) is 18.7 Å². The van der Waals surface area contributed by atoms with Gasteiger partial charge in [-0.15, -0.1) is 0 Å². The molecule has 1 aromatic rings. The fraction of sp³-hybridized carbons (Fsp3) is 0.562. The van der Waals surface area contributed by atoms with Gasteiger partial charge in [0.05, 0.1) is 0 Å². The summed E-state index contributed by atoms with van der Waals surface area (Å²) in [6, 6.07) is 3.82. The number of rotatable bonds is 5. The van der Waals surface area contributed by atoms with Gasteiger partial charge < -0.3 is 10.2 Å². The highest BCUT2D eigenvalue weighted by Gasteiger charge is 2.44. The molecule has 0 spiro atoms. The van der Waals surface area contributed by atoms with Gasteiger partial charge in [0.1, 0.15) is 5.82 Å². The van der Waals surface area contributed by atoms with Crippen LogP contribution in [0.2, 0.25) is 0 Å². The van der Waals surface area contributed by atoms with E-state index in [-0.39, 0.29) is 0 Å². The molecule has 2 rings (SSSR count). The first-order valence-corrected chi connectivity index (χ1v) is 7.53. The minimum atomic E-state index is -3.61. The second kappa shape index (κ2) is 7.13. The van der Waals surface area contributed by atoms with E-state index in [1.165, 1.54) is 4.90 Å². The van der Waals surface area contributed by atoms with E-state index in [0.717, 1.165) is 50.1 Å². The summed E-state index contributed by atoms with van der Waals surface area (Å²) in [6.45, 7) is 1.60. The fourth-order valence-corrected chi connectivity index (χ4v) is 2.75. The van der Waals surface area contributed by atoms with Gasteiger partial charge in [-0.05, 0) is 63.0 Å². The van der Waals surface area contributed by atoms with Crippen LogP contribution in [0.5, 0.6) is 0 Å². The first-order chi connectivity index (χ1) is 10.4. The van der Waals surface area contributed by atoms with Crippen LogP contribution >= 0.6 is 0 Å². The van der Waals surface area contributed by atoms with E-state index in [2.05, 4.69) is 5.32 Å². The quantitative estimate of drug-likeness (QED) is 0.906. The zero-order chi connectivity index (χ0) is 16.2. The minimum absolute atomic E-state index is 0.351. The van der Waals surface area contributed by atoms with E-state index in [1.54, 1.807) is 0 Å². The predicted molar refractivity (Wildman–Crippen MR) is 78.1 cm³/mol. The van der Waals surface area contributed by atoms with Gasteiger partial charge in [-0.25, -0.2) is 4.39 Å². The number of carbonyl (C=O) groups excluding carboxylic acids is 1. The Kier molecular flexibility index (Phi) is 5.45. The number of alkyl halides is 2. The summed E-state index contributed by atoms with van der Waals surface area (Å²) in [5.41, 5.74) is -0.462. The fourth-order valence-electron chi connectivity index (χ4n) is 2.75. The third-order valence-electron chi connectivity index (χ3n) is 4.18. The van der Waals surface area contributed by atoms with Gasteiger partial charge >= 0.3 is 5.92 Å². The maximum Gasteiger partial charge on any atom is 0.349 e. The Balaban J connectivity index is 1.98. The first kappa shape index (κ1) is 16.8. The predicted octanol–water partition coefficient (Wildman–Crippen LogP) is 2.77. The summed E-state index contributed by atoms with van der Waals surface area (Å²) >= 11 is 0. The lowest BCUT2D eigenvalue weighted by atomic mass is 9.93. The van der Waals surface area contributed by atoms with E-state index in [4.69, 9.17) is 0 Å². The average molecular weight is 314 g/mol. The van der Waals surface area contributed by atoms with Crippen molar-refractivity contribution < 1.29 is 18.0 Å². The Morgan fingerprint density at radius 3 is 2.41 bits per heavy atom. The van der Waals surface area contributed by atoms with Crippen LogP contribution in [0.15, 0.2) is 24.3 Å². The van der Waals surface area contributed by atoms with E-state index in [0.29, 0.717) is 19.0 Å². The molecule has 22 heavy (non-hydrogen) atoms. The molecule has 3 nitrogen and oxygen atoms in total. The van der Waals surface area contributed by atoms with Gasteiger partial charge in [0.15, 0.2) is 0 Å². The molecule has 0 aliphatic carbocycles. The van der Waals surface area contributed by atoms with Crippen molar-refractivity contribution in [1.29, 1.82) is 0 Å². The Labute approximate surface area is 128 Å². The van der Waals surface area contributed by atoms with E-state index < -0.39 is 23.2 Å². The summed E-state index contributed by atoms with van der Waals surface area (Å²) in [4.78, 5) is 13.3. The van der Waals surface area contributed by atoms with E-state index in [1.807, 2.05) is 7.05 Å². The molecule has 0 radical (unpaired) electrons. The van der Waals surface area contributed by atoms with Crippen molar-refractivity contribution in [2.24, 2.45) is 5.92 Å².